The third-order valence-corrected chi connectivity index (χ3v) is 6.70. The lowest BCUT2D eigenvalue weighted by Gasteiger charge is -2.39. The van der Waals surface area contributed by atoms with Gasteiger partial charge in [-0.05, 0) is 53.1 Å². The van der Waals surface area contributed by atoms with Crippen LogP contribution in [0, 0.1) is 0 Å². The Hall–Kier alpha value is -2.43. The standard InChI is InChI=1S/C23H21NO2S/c25-22(18-7-3-6-17(15-18)21-9-4-14-27-21)24-12-10-23(11-13-24)20-8-2-1-5-19(20)16-26-23/h1-9,14-15H,10-13,16H2. The Bertz CT molecular complexity index is 972. The second-order valence-electron chi connectivity index (χ2n) is 7.29. The minimum absolute atomic E-state index is 0.120. The van der Waals surface area contributed by atoms with Crippen molar-refractivity contribution in [2.24, 2.45) is 0 Å². The number of amides is 1. The van der Waals surface area contributed by atoms with Crippen LogP contribution in [0.2, 0.25) is 0 Å². The molecule has 0 atom stereocenters. The molecule has 0 aliphatic carbocycles. The number of piperidine rings is 1. The molecule has 0 saturated carbocycles. The van der Waals surface area contributed by atoms with Crippen LogP contribution >= 0.6 is 11.3 Å². The fraction of sp³-hybridized carbons (Fsp3) is 0.261. The number of rotatable bonds is 2. The molecular weight excluding hydrogens is 354 g/mol. The second-order valence-corrected chi connectivity index (χ2v) is 8.24. The Kier molecular flexibility index (Phi) is 4.10. The molecule has 1 spiro atoms. The van der Waals surface area contributed by atoms with Crippen LogP contribution < -0.4 is 0 Å². The van der Waals surface area contributed by atoms with E-state index in [0.29, 0.717) is 6.61 Å². The van der Waals surface area contributed by atoms with Crippen LogP contribution in [-0.2, 0) is 16.9 Å². The van der Waals surface area contributed by atoms with Crippen LogP contribution in [0.5, 0.6) is 0 Å². The van der Waals surface area contributed by atoms with Gasteiger partial charge >= 0.3 is 0 Å². The Morgan fingerprint density at radius 2 is 1.85 bits per heavy atom. The van der Waals surface area contributed by atoms with Crippen molar-refractivity contribution >= 4 is 17.2 Å². The van der Waals surface area contributed by atoms with Crippen molar-refractivity contribution in [3.8, 4) is 10.4 Å². The van der Waals surface area contributed by atoms with E-state index in [4.69, 9.17) is 4.74 Å². The third kappa shape index (κ3) is 2.89. The highest BCUT2D eigenvalue weighted by Crippen LogP contribution is 2.44. The Labute approximate surface area is 163 Å². The molecule has 3 heterocycles. The minimum Gasteiger partial charge on any atom is -0.365 e. The smallest absolute Gasteiger partial charge is 0.253 e. The van der Waals surface area contributed by atoms with Gasteiger partial charge in [0.05, 0.1) is 12.2 Å². The maximum absolute atomic E-state index is 13.1. The molecule has 0 bridgehead atoms. The highest BCUT2D eigenvalue weighted by molar-refractivity contribution is 7.13. The molecule has 1 amide bonds. The molecule has 136 valence electrons. The fourth-order valence-electron chi connectivity index (χ4n) is 4.30. The summed E-state index contributed by atoms with van der Waals surface area (Å²) in [6.07, 6.45) is 1.72. The molecule has 0 N–H and O–H groups in total. The van der Waals surface area contributed by atoms with Gasteiger partial charge in [0, 0.05) is 23.5 Å². The lowest BCUT2D eigenvalue weighted by atomic mass is 9.83. The third-order valence-electron chi connectivity index (χ3n) is 5.79. The van der Waals surface area contributed by atoms with Crippen molar-refractivity contribution in [3.05, 3.63) is 82.7 Å². The van der Waals surface area contributed by atoms with E-state index in [-0.39, 0.29) is 11.5 Å². The van der Waals surface area contributed by atoms with Crippen molar-refractivity contribution in [1.29, 1.82) is 0 Å². The highest BCUT2D eigenvalue weighted by Gasteiger charge is 2.43. The maximum Gasteiger partial charge on any atom is 0.253 e. The second kappa shape index (κ2) is 6.63. The Morgan fingerprint density at radius 1 is 1.00 bits per heavy atom. The lowest BCUT2D eigenvalue weighted by Crippen LogP contribution is -2.45. The van der Waals surface area contributed by atoms with Crippen LogP contribution in [0.1, 0.15) is 34.3 Å². The van der Waals surface area contributed by atoms with Gasteiger partial charge in [0.1, 0.15) is 0 Å². The van der Waals surface area contributed by atoms with Crippen LogP contribution in [0.15, 0.2) is 66.0 Å². The number of fused-ring (bicyclic) bond motifs is 2. The zero-order chi connectivity index (χ0) is 18.3. The molecule has 4 heteroatoms. The van der Waals surface area contributed by atoms with Crippen LogP contribution in [0.4, 0.5) is 0 Å². The van der Waals surface area contributed by atoms with Gasteiger partial charge in [-0.15, -0.1) is 11.3 Å². The number of carbonyl (C=O) groups excluding carboxylic acids is 1. The van der Waals surface area contributed by atoms with Crippen molar-refractivity contribution in [3.63, 3.8) is 0 Å². The lowest BCUT2D eigenvalue weighted by molar-refractivity contribution is -0.0741. The number of likely N-dealkylation sites (tertiary alicyclic amines) is 1. The van der Waals surface area contributed by atoms with E-state index in [1.807, 2.05) is 29.2 Å². The van der Waals surface area contributed by atoms with Gasteiger partial charge in [0.2, 0.25) is 0 Å². The maximum atomic E-state index is 13.1. The predicted octanol–water partition coefficient (Wildman–Crippen LogP) is 5.08. The summed E-state index contributed by atoms with van der Waals surface area (Å²) < 4.78 is 6.22. The summed E-state index contributed by atoms with van der Waals surface area (Å²) in [4.78, 5) is 16.2. The van der Waals surface area contributed by atoms with Gasteiger partial charge in [-0.25, -0.2) is 0 Å². The molecule has 2 aliphatic heterocycles. The number of benzene rings is 2. The molecule has 1 aromatic heterocycles. The average molecular weight is 375 g/mol. The van der Waals surface area contributed by atoms with Crippen LogP contribution in [0.3, 0.4) is 0 Å². The number of thiophene rings is 1. The zero-order valence-corrected chi connectivity index (χ0v) is 15.9. The molecule has 1 fully saturated rings. The molecule has 2 aliphatic rings. The topological polar surface area (TPSA) is 29.5 Å². The molecule has 1 saturated heterocycles. The highest BCUT2D eigenvalue weighted by atomic mass is 32.1. The predicted molar refractivity (Wildman–Crippen MR) is 108 cm³/mol. The van der Waals surface area contributed by atoms with Gasteiger partial charge in [-0.2, -0.15) is 0 Å². The Morgan fingerprint density at radius 3 is 2.67 bits per heavy atom. The first-order chi connectivity index (χ1) is 13.3. The zero-order valence-electron chi connectivity index (χ0n) is 15.1. The van der Waals surface area contributed by atoms with Gasteiger partial charge in [0.15, 0.2) is 0 Å². The van der Waals surface area contributed by atoms with E-state index in [0.717, 1.165) is 37.1 Å². The number of hydrogen-bond donors (Lipinski definition) is 0. The van der Waals surface area contributed by atoms with E-state index in [1.54, 1.807) is 11.3 Å². The summed E-state index contributed by atoms with van der Waals surface area (Å²) in [7, 11) is 0. The summed E-state index contributed by atoms with van der Waals surface area (Å²) in [5.41, 5.74) is 4.28. The summed E-state index contributed by atoms with van der Waals surface area (Å²) in [5, 5.41) is 2.06. The van der Waals surface area contributed by atoms with Crippen molar-refractivity contribution in [2.45, 2.75) is 25.0 Å². The average Bonchev–Trinajstić information content (AvgIpc) is 3.38. The summed E-state index contributed by atoms with van der Waals surface area (Å²) in [6.45, 7) is 2.15. The van der Waals surface area contributed by atoms with E-state index in [2.05, 4.69) is 41.8 Å². The van der Waals surface area contributed by atoms with E-state index < -0.39 is 0 Å². The first-order valence-electron chi connectivity index (χ1n) is 9.41. The molecular formula is C23H21NO2S. The summed E-state index contributed by atoms with van der Waals surface area (Å²) >= 11 is 1.70. The van der Waals surface area contributed by atoms with E-state index >= 15 is 0 Å². The summed E-state index contributed by atoms with van der Waals surface area (Å²) in [6, 6.07) is 20.6. The molecule has 5 rings (SSSR count). The quantitative estimate of drug-likeness (QED) is 0.625. The first-order valence-corrected chi connectivity index (χ1v) is 10.3. The normalized spacial score (nSPS) is 17.9. The van der Waals surface area contributed by atoms with Crippen molar-refractivity contribution in [2.75, 3.05) is 13.1 Å². The summed E-state index contributed by atoms with van der Waals surface area (Å²) in [5.74, 6) is 0.120. The first kappa shape index (κ1) is 16.7. The molecule has 0 radical (unpaired) electrons. The monoisotopic (exact) mass is 375 g/mol. The SMILES string of the molecule is O=C(c1cccc(-c2cccs2)c1)N1CCC2(CC1)OCc1ccccc12. The number of hydrogen-bond acceptors (Lipinski definition) is 3. The van der Waals surface area contributed by atoms with Gasteiger partial charge < -0.3 is 9.64 Å². The molecule has 0 unspecified atom stereocenters. The van der Waals surface area contributed by atoms with E-state index in [1.165, 1.54) is 16.0 Å². The van der Waals surface area contributed by atoms with Crippen molar-refractivity contribution in [1.82, 2.24) is 4.90 Å². The molecule has 2 aromatic carbocycles. The molecule has 3 aromatic rings. The van der Waals surface area contributed by atoms with E-state index in [9.17, 15) is 4.79 Å². The van der Waals surface area contributed by atoms with Crippen LogP contribution in [0.25, 0.3) is 10.4 Å². The number of nitrogens with zero attached hydrogens (tertiary/aromatic N) is 1. The van der Waals surface area contributed by atoms with Gasteiger partial charge in [0.25, 0.3) is 5.91 Å². The van der Waals surface area contributed by atoms with Gasteiger partial charge in [-0.1, -0.05) is 42.5 Å². The van der Waals surface area contributed by atoms with Crippen LogP contribution in [-0.4, -0.2) is 23.9 Å². The van der Waals surface area contributed by atoms with Crippen molar-refractivity contribution < 1.29 is 9.53 Å². The minimum atomic E-state index is -0.202. The fourth-order valence-corrected chi connectivity index (χ4v) is 5.02. The molecule has 3 nitrogen and oxygen atoms in total. The molecule has 27 heavy (non-hydrogen) atoms. The van der Waals surface area contributed by atoms with Gasteiger partial charge in [-0.3, -0.25) is 4.79 Å². The Balaban J connectivity index is 1.33. The number of ether oxygens (including phenoxy) is 1. The number of carbonyl (C=O) groups is 1. The largest absolute Gasteiger partial charge is 0.365 e.